The molecule has 0 heterocycles. The van der Waals surface area contributed by atoms with Crippen LogP contribution in [0, 0.1) is 46.3 Å². The molecule has 0 aromatic rings. The number of ether oxygens (including phenoxy) is 2. The molecular weight excluding hydrogens is 436 g/mol. The first-order valence-electron chi connectivity index (χ1n) is 14.2. The molecule has 0 radical (unpaired) electrons. The molecule has 0 aliphatic heterocycles. The zero-order valence-electron chi connectivity index (χ0n) is 23.1. The van der Waals surface area contributed by atoms with E-state index in [1.54, 1.807) is 0 Å². The Balaban J connectivity index is 1.59. The fourth-order valence-corrected chi connectivity index (χ4v) is 8.85. The van der Waals surface area contributed by atoms with Crippen molar-refractivity contribution in [2.75, 3.05) is 0 Å². The van der Waals surface area contributed by atoms with Gasteiger partial charge in [-0.15, -0.1) is 0 Å². The summed E-state index contributed by atoms with van der Waals surface area (Å²) in [5, 5.41) is 0. The predicted molar refractivity (Wildman–Crippen MR) is 139 cm³/mol. The minimum atomic E-state index is -0.336. The Morgan fingerprint density at radius 1 is 1.00 bits per heavy atom. The number of hydrogen-bond donors (Lipinski definition) is 0. The monoisotopic (exact) mass is 484 g/mol. The molecule has 35 heavy (non-hydrogen) atoms. The van der Waals surface area contributed by atoms with Crippen molar-refractivity contribution in [2.24, 2.45) is 46.3 Å². The van der Waals surface area contributed by atoms with Crippen molar-refractivity contribution in [3.63, 3.8) is 0 Å². The second kappa shape index (κ2) is 10.1. The molecule has 196 valence electrons. The Kier molecular flexibility index (Phi) is 7.61. The quantitative estimate of drug-likeness (QED) is 0.356. The third-order valence-corrected chi connectivity index (χ3v) is 10.5. The fourth-order valence-electron chi connectivity index (χ4n) is 8.85. The zero-order chi connectivity index (χ0) is 25.5. The highest BCUT2D eigenvalue weighted by Gasteiger charge is 2.61. The highest BCUT2D eigenvalue weighted by Crippen LogP contribution is 2.66. The van der Waals surface area contributed by atoms with Gasteiger partial charge in [0.2, 0.25) is 0 Å². The minimum absolute atomic E-state index is 0.232. The van der Waals surface area contributed by atoms with E-state index < -0.39 is 0 Å². The summed E-state index contributed by atoms with van der Waals surface area (Å²) < 4.78 is 11.5. The summed E-state index contributed by atoms with van der Waals surface area (Å²) in [6, 6.07) is 0. The van der Waals surface area contributed by atoms with Crippen molar-refractivity contribution in [1.82, 2.24) is 0 Å². The second-order valence-corrected chi connectivity index (χ2v) is 13.1. The van der Waals surface area contributed by atoms with Crippen molar-refractivity contribution in [1.29, 1.82) is 0 Å². The molecule has 0 unspecified atom stereocenters. The van der Waals surface area contributed by atoms with Crippen molar-refractivity contribution in [3.8, 4) is 0 Å². The summed E-state index contributed by atoms with van der Waals surface area (Å²) in [5.41, 5.74) is 1.35. The summed E-state index contributed by atoms with van der Waals surface area (Å²) in [6.45, 7) is 15.0. The molecule has 2 fully saturated rings. The minimum Gasteiger partial charge on any atom is -0.461 e. The first-order chi connectivity index (χ1) is 16.5. The third-order valence-electron chi connectivity index (χ3n) is 10.5. The van der Waals surface area contributed by atoms with Gasteiger partial charge in [-0.25, -0.2) is 0 Å². The molecule has 4 rings (SSSR count). The zero-order valence-corrected chi connectivity index (χ0v) is 23.1. The Bertz CT molecular complexity index is 871. The Morgan fingerprint density at radius 2 is 1.71 bits per heavy atom. The average Bonchev–Trinajstić information content (AvgIpc) is 3.11. The van der Waals surface area contributed by atoms with Crippen molar-refractivity contribution >= 4 is 11.9 Å². The molecule has 0 amide bonds. The van der Waals surface area contributed by atoms with Crippen LogP contribution < -0.4 is 0 Å². The van der Waals surface area contributed by atoms with Crippen LogP contribution in [0.25, 0.3) is 0 Å². The van der Waals surface area contributed by atoms with Crippen LogP contribution in [0.5, 0.6) is 0 Å². The van der Waals surface area contributed by atoms with Gasteiger partial charge in [0, 0.05) is 25.7 Å². The number of carbonyl (C=O) groups is 2. The van der Waals surface area contributed by atoms with Gasteiger partial charge in [0.15, 0.2) is 0 Å². The van der Waals surface area contributed by atoms with E-state index in [9.17, 15) is 9.59 Å². The van der Waals surface area contributed by atoms with E-state index in [1.807, 2.05) is 0 Å². The van der Waals surface area contributed by atoms with Crippen LogP contribution >= 0.6 is 0 Å². The molecular formula is C31H48O4. The normalized spacial score (nSPS) is 40.9. The lowest BCUT2D eigenvalue weighted by Crippen LogP contribution is -2.55. The summed E-state index contributed by atoms with van der Waals surface area (Å²) >= 11 is 0. The van der Waals surface area contributed by atoms with E-state index >= 15 is 0 Å². The van der Waals surface area contributed by atoms with Crippen LogP contribution in [0.4, 0.5) is 0 Å². The maximum absolute atomic E-state index is 12.1. The molecule has 0 aromatic heterocycles. The van der Waals surface area contributed by atoms with E-state index in [-0.39, 0.29) is 29.6 Å². The summed E-state index contributed by atoms with van der Waals surface area (Å²) in [6.07, 6.45) is 15.9. The first-order valence-corrected chi connectivity index (χ1v) is 14.2. The second-order valence-electron chi connectivity index (χ2n) is 13.1. The first kappa shape index (κ1) is 26.5. The molecule has 0 spiro atoms. The number of esters is 2. The van der Waals surface area contributed by atoms with Gasteiger partial charge in [-0.2, -0.15) is 0 Å². The smallest absolute Gasteiger partial charge is 0.303 e. The Morgan fingerprint density at radius 3 is 2.37 bits per heavy atom. The van der Waals surface area contributed by atoms with E-state index in [0.717, 1.165) is 17.8 Å². The highest BCUT2D eigenvalue weighted by atomic mass is 16.6. The van der Waals surface area contributed by atoms with Gasteiger partial charge in [0.25, 0.3) is 0 Å². The topological polar surface area (TPSA) is 52.6 Å². The van der Waals surface area contributed by atoms with Gasteiger partial charge < -0.3 is 9.47 Å². The van der Waals surface area contributed by atoms with Crippen molar-refractivity contribution in [2.45, 2.75) is 112 Å². The lowest BCUT2D eigenvalue weighted by molar-refractivity contribution is -0.164. The summed E-state index contributed by atoms with van der Waals surface area (Å²) in [5.74, 6) is 3.51. The molecule has 0 aromatic carbocycles. The number of allylic oxidation sites excluding steroid dienone is 2. The predicted octanol–water partition coefficient (Wildman–Crippen LogP) is 7.28. The molecule has 2 saturated carbocycles. The van der Waals surface area contributed by atoms with E-state index in [4.69, 9.17) is 9.47 Å². The third kappa shape index (κ3) is 4.88. The SMILES string of the molecule is CC(=O)O[C@@H]1C=C2C=C[C@H]3[C@@H]4CC[C@H]([C@H](C)CCCC(C)C)[C@@]4(C)CC[C@@H]3[C@@]2(C)[C@@H](OC(C)=O)C1. The van der Waals surface area contributed by atoms with Crippen molar-refractivity contribution < 1.29 is 19.1 Å². The van der Waals surface area contributed by atoms with Gasteiger partial charge in [-0.1, -0.05) is 66.0 Å². The summed E-state index contributed by atoms with van der Waals surface area (Å²) in [4.78, 5) is 23.8. The number of fused-ring (bicyclic) bond motifs is 5. The lowest BCUT2D eigenvalue weighted by atomic mass is 9.47. The van der Waals surface area contributed by atoms with Gasteiger partial charge in [-0.3, -0.25) is 9.59 Å². The Labute approximate surface area is 213 Å². The van der Waals surface area contributed by atoms with Crippen LogP contribution in [0.1, 0.15) is 99.8 Å². The fraction of sp³-hybridized carbons (Fsp3) is 0.806. The Hall–Kier alpha value is -1.58. The molecule has 4 aliphatic rings. The summed E-state index contributed by atoms with van der Waals surface area (Å²) in [7, 11) is 0. The largest absolute Gasteiger partial charge is 0.461 e. The molecule has 0 N–H and O–H groups in total. The van der Waals surface area contributed by atoms with Gasteiger partial charge in [0.05, 0.1) is 0 Å². The van der Waals surface area contributed by atoms with Crippen LogP contribution in [-0.2, 0) is 19.1 Å². The molecule has 0 saturated heterocycles. The number of hydrogen-bond acceptors (Lipinski definition) is 4. The standard InChI is InChI=1S/C31H48O4/c1-19(2)9-8-10-20(3)26-13-14-27-25-12-11-23-17-24(34-21(4)32)18-29(35-22(5)33)31(23,7)28(25)15-16-30(26,27)6/h11-12,17,19-20,24-29H,8-10,13-16,18H2,1-7H3/t20-,24-,25+,26-,27+,28+,29+,30-,31+/m1/s1. The van der Waals surface area contributed by atoms with Crippen LogP contribution in [0.3, 0.4) is 0 Å². The van der Waals surface area contributed by atoms with Crippen LogP contribution in [0.2, 0.25) is 0 Å². The van der Waals surface area contributed by atoms with Gasteiger partial charge >= 0.3 is 11.9 Å². The molecule has 4 aliphatic carbocycles. The number of rotatable bonds is 7. The van der Waals surface area contributed by atoms with Crippen molar-refractivity contribution in [3.05, 3.63) is 23.8 Å². The molecule has 0 bridgehead atoms. The van der Waals surface area contributed by atoms with Crippen LogP contribution in [-0.4, -0.2) is 24.1 Å². The van der Waals surface area contributed by atoms with E-state index in [1.165, 1.54) is 64.4 Å². The van der Waals surface area contributed by atoms with Gasteiger partial charge in [-0.05, 0) is 78.3 Å². The molecule has 4 heteroatoms. The maximum atomic E-state index is 12.1. The van der Waals surface area contributed by atoms with Crippen LogP contribution in [0.15, 0.2) is 23.8 Å². The van der Waals surface area contributed by atoms with E-state index in [2.05, 4.69) is 52.8 Å². The van der Waals surface area contributed by atoms with E-state index in [0.29, 0.717) is 29.6 Å². The van der Waals surface area contributed by atoms with Gasteiger partial charge in [0.1, 0.15) is 12.2 Å². The molecule has 9 atom stereocenters. The average molecular weight is 485 g/mol. The maximum Gasteiger partial charge on any atom is 0.303 e. The molecule has 4 nitrogen and oxygen atoms in total. The lowest BCUT2D eigenvalue weighted by Gasteiger charge is -2.58. The highest BCUT2D eigenvalue weighted by molar-refractivity contribution is 5.67. The number of carbonyl (C=O) groups excluding carboxylic acids is 2.